The van der Waals surface area contributed by atoms with Gasteiger partial charge in [-0.3, -0.25) is 9.59 Å². The molecule has 5 heteroatoms. The third-order valence-corrected chi connectivity index (χ3v) is 5.91. The van der Waals surface area contributed by atoms with Gasteiger partial charge in [-0.1, -0.05) is 36.4 Å². The van der Waals surface area contributed by atoms with Gasteiger partial charge < -0.3 is 10.0 Å². The Bertz CT molecular complexity index is 1380. The molecule has 0 aliphatic carbocycles. The number of anilines is 1. The van der Waals surface area contributed by atoms with Gasteiger partial charge in [0, 0.05) is 41.5 Å². The van der Waals surface area contributed by atoms with Crippen molar-refractivity contribution in [3.8, 4) is 0 Å². The molecule has 0 unspecified atom stereocenters. The number of rotatable bonds is 7. The van der Waals surface area contributed by atoms with E-state index in [-0.39, 0.29) is 5.57 Å². The third-order valence-electron chi connectivity index (χ3n) is 5.91. The van der Waals surface area contributed by atoms with Crippen molar-refractivity contribution in [1.29, 1.82) is 0 Å². The maximum absolute atomic E-state index is 12.9. The number of aliphatic hydroxyl groups is 1. The van der Waals surface area contributed by atoms with E-state index in [1.165, 1.54) is 6.08 Å². The van der Waals surface area contributed by atoms with Gasteiger partial charge in [-0.25, -0.2) is 0 Å². The molecular weight excluding hydrogens is 424 g/mol. The van der Waals surface area contributed by atoms with Crippen molar-refractivity contribution in [3.05, 3.63) is 108 Å². The number of para-hydroxylation sites is 2. The molecule has 34 heavy (non-hydrogen) atoms. The first-order chi connectivity index (χ1) is 16.6. The minimum atomic E-state index is -0.765. The van der Waals surface area contributed by atoms with Crippen molar-refractivity contribution in [2.75, 3.05) is 11.4 Å². The maximum atomic E-state index is 12.9. The van der Waals surface area contributed by atoms with E-state index in [1.54, 1.807) is 12.2 Å². The molecule has 0 saturated heterocycles. The normalized spacial score (nSPS) is 14.7. The Balaban J connectivity index is 1.58. The van der Waals surface area contributed by atoms with Crippen LogP contribution < -0.4 is 9.47 Å². The van der Waals surface area contributed by atoms with E-state index in [4.69, 9.17) is 0 Å². The van der Waals surface area contributed by atoms with Gasteiger partial charge in [0.1, 0.15) is 6.54 Å². The molecule has 0 amide bonds. The number of aryl methyl sites for hydroxylation is 1. The molecule has 0 saturated carbocycles. The minimum absolute atomic E-state index is 0.0611. The molecule has 0 bridgehead atoms. The van der Waals surface area contributed by atoms with Crippen LogP contribution in [0.3, 0.4) is 0 Å². The average Bonchev–Trinajstić information content (AvgIpc) is 2.89. The largest absolute Gasteiger partial charge is 0.515 e. The summed E-state index contributed by atoms with van der Waals surface area (Å²) < 4.78 is 2.08. The number of pyridine rings is 1. The fraction of sp³-hybridized carbons (Fsp3) is 0.138. The van der Waals surface area contributed by atoms with Gasteiger partial charge in [0.2, 0.25) is 22.8 Å². The van der Waals surface area contributed by atoms with Crippen molar-refractivity contribution >= 4 is 40.3 Å². The molecule has 1 N–H and O–H groups in total. The van der Waals surface area contributed by atoms with Crippen molar-refractivity contribution in [2.24, 2.45) is 0 Å². The van der Waals surface area contributed by atoms with Gasteiger partial charge in [0.05, 0.1) is 11.8 Å². The van der Waals surface area contributed by atoms with Crippen LogP contribution in [0.2, 0.25) is 0 Å². The predicted molar refractivity (Wildman–Crippen MR) is 136 cm³/mol. The number of likely N-dealkylation sites (N-methyl/N-ethyl adjacent to an activating group) is 1. The van der Waals surface area contributed by atoms with Crippen LogP contribution in [0.5, 0.6) is 0 Å². The zero-order valence-corrected chi connectivity index (χ0v) is 19.3. The topological polar surface area (TPSA) is 61.5 Å². The van der Waals surface area contributed by atoms with Crippen LogP contribution in [-0.2, 0) is 16.1 Å². The van der Waals surface area contributed by atoms with Crippen LogP contribution in [0, 0.1) is 0 Å². The number of hydrogen-bond donors (Lipinski definition) is 1. The molecule has 1 aliphatic heterocycles. The smallest absolute Gasteiger partial charge is 0.236 e. The summed E-state index contributed by atoms with van der Waals surface area (Å²) in [5, 5.41) is 10.9. The molecule has 2 aromatic carbocycles. The number of allylic oxidation sites excluding steroid dienone is 4. The molecule has 4 rings (SSSR count). The maximum Gasteiger partial charge on any atom is 0.236 e. The molecule has 0 radical (unpaired) electrons. The van der Waals surface area contributed by atoms with Crippen LogP contribution >= 0.6 is 0 Å². The second kappa shape index (κ2) is 10.1. The van der Waals surface area contributed by atoms with Crippen molar-refractivity contribution in [3.63, 3.8) is 0 Å². The second-order valence-corrected chi connectivity index (χ2v) is 7.88. The monoisotopic (exact) mass is 451 g/mol. The Kier molecular flexibility index (Phi) is 6.83. The number of ketones is 2. The number of aromatic nitrogens is 1. The van der Waals surface area contributed by atoms with Crippen molar-refractivity contribution in [2.45, 2.75) is 20.4 Å². The number of benzene rings is 2. The molecule has 170 valence electrons. The zero-order chi connectivity index (χ0) is 24.1. The first kappa shape index (κ1) is 22.9. The highest BCUT2D eigenvalue weighted by atomic mass is 16.2. The van der Waals surface area contributed by atoms with Crippen LogP contribution in [0.1, 0.15) is 25.1 Å². The molecule has 2 heterocycles. The molecule has 1 aliphatic rings. The van der Waals surface area contributed by atoms with E-state index in [2.05, 4.69) is 4.57 Å². The Morgan fingerprint density at radius 3 is 2.50 bits per heavy atom. The zero-order valence-electron chi connectivity index (χ0n) is 19.3. The SMILES string of the molecule is CCN1/C(=C/C(=C\O)C(=O)C(=O)/C=C/c2ccc3ccccc3[n+]2CC)C=Cc2ccccc21. The number of carbonyl (C=O) groups is 2. The van der Waals surface area contributed by atoms with E-state index in [0.717, 1.165) is 40.1 Å². The summed E-state index contributed by atoms with van der Waals surface area (Å²) in [6.07, 6.45) is 9.00. The van der Waals surface area contributed by atoms with E-state index in [0.29, 0.717) is 12.8 Å². The first-order valence-electron chi connectivity index (χ1n) is 11.4. The summed E-state index contributed by atoms with van der Waals surface area (Å²) in [5.74, 6) is -1.46. The number of fused-ring (bicyclic) bond motifs is 2. The van der Waals surface area contributed by atoms with Crippen LogP contribution in [0.15, 0.2) is 96.4 Å². The van der Waals surface area contributed by atoms with Gasteiger partial charge in [-0.15, -0.1) is 0 Å². The lowest BCUT2D eigenvalue weighted by Crippen LogP contribution is -2.36. The lowest BCUT2D eigenvalue weighted by Gasteiger charge is -2.29. The van der Waals surface area contributed by atoms with Crippen LogP contribution in [0.25, 0.3) is 23.1 Å². The van der Waals surface area contributed by atoms with E-state index >= 15 is 0 Å². The van der Waals surface area contributed by atoms with Crippen molar-refractivity contribution < 1.29 is 19.3 Å². The fourth-order valence-corrected chi connectivity index (χ4v) is 4.23. The summed E-state index contributed by atoms with van der Waals surface area (Å²) in [6, 6.07) is 19.9. The third kappa shape index (κ3) is 4.46. The van der Waals surface area contributed by atoms with Gasteiger partial charge in [-0.2, -0.15) is 4.57 Å². The van der Waals surface area contributed by atoms with Crippen LogP contribution in [-0.4, -0.2) is 23.2 Å². The molecular formula is C29H27N2O3+. The lowest BCUT2D eigenvalue weighted by atomic mass is 10.0. The Morgan fingerprint density at radius 2 is 1.74 bits per heavy atom. The summed E-state index contributed by atoms with van der Waals surface area (Å²) in [5.41, 5.74) is 4.62. The highest BCUT2D eigenvalue weighted by Gasteiger charge is 2.21. The fourth-order valence-electron chi connectivity index (χ4n) is 4.23. The summed E-state index contributed by atoms with van der Waals surface area (Å²) >= 11 is 0. The standard InChI is InChI=1S/C29H26N2O3/c1-3-30-24(15-13-21-9-5-7-11-26(21)30)17-18-28(33)29(34)23(20-32)19-25-16-14-22-10-6-8-12-27(22)31(25)4-2/h5-20H,3-4H2,1-2H3/p+1/b18-17+,25-19+. The number of carbonyl (C=O) groups excluding carboxylic acids is 2. The Hall–Kier alpha value is -4.25. The van der Waals surface area contributed by atoms with Gasteiger partial charge in [0.25, 0.3) is 0 Å². The summed E-state index contributed by atoms with van der Waals surface area (Å²) in [4.78, 5) is 27.6. The molecule has 0 fully saturated rings. The second-order valence-electron chi connectivity index (χ2n) is 7.88. The molecule has 0 atom stereocenters. The average molecular weight is 452 g/mol. The number of nitrogens with zero attached hydrogens (tertiary/aromatic N) is 2. The summed E-state index contributed by atoms with van der Waals surface area (Å²) in [7, 11) is 0. The number of hydrogen-bond acceptors (Lipinski definition) is 4. The molecule has 5 nitrogen and oxygen atoms in total. The van der Waals surface area contributed by atoms with Gasteiger partial charge >= 0.3 is 0 Å². The van der Waals surface area contributed by atoms with Crippen molar-refractivity contribution in [1.82, 2.24) is 0 Å². The number of aliphatic hydroxyl groups excluding tert-OH is 1. The Morgan fingerprint density at radius 1 is 0.971 bits per heavy atom. The minimum Gasteiger partial charge on any atom is -0.515 e. The quantitative estimate of drug-likeness (QED) is 0.233. The first-order valence-corrected chi connectivity index (χ1v) is 11.4. The molecule has 1 aromatic heterocycles. The molecule has 3 aromatic rings. The van der Waals surface area contributed by atoms with E-state index in [1.807, 2.05) is 91.6 Å². The lowest BCUT2D eigenvalue weighted by molar-refractivity contribution is -0.669. The van der Waals surface area contributed by atoms with Gasteiger partial charge in [-0.05, 0) is 55.8 Å². The molecule has 0 spiro atoms. The highest BCUT2D eigenvalue weighted by molar-refractivity contribution is 6.48. The van der Waals surface area contributed by atoms with Gasteiger partial charge in [0.15, 0.2) is 0 Å². The predicted octanol–water partition coefficient (Wildman–Crippen LogP) is 5.18. The Labute approximate surface area is 199 Å². The van der Waals surface area contributed by atoms with Crippen LogP contribution in [0.4, 0.5) is 5.69 Å². The summed E-state index contributed by atoms with van der Waals surface area (Å²) in [6.45, 7) is 5.43. The number of Topliss-reactive ketones (excluding diaryl/α,β-unsaturated/α-hetero) is 1. The van der Waals surface area contributed by atoms with E-state index < -0.39 is 11.6 Å². The van der Waals surface area contributed by atoms with E-state index in [9.17, 15) is 14.7 Å². The highest BCUT2D eigenvalue weighted by Crippen LogP contribution is 2.31.